The van der Waals surface area contributed by atoms with Gasteiger partial charge in [-0.1, -0.05) is 6.92 Å². The van der Waals surface area contributed by atoms with Crippen molar-refractivity contribution in [2.75, 3.05) is 13.1 Å². The second-order valence-corrected chi connectivity index (χ2v) is 3.08. The lowest BCUT2D eigenvalue weighted by atomic mass is 10.3. The van der Waals surface area contributed by atoms with Gasteiger partial charge in [-0.2, -0.15) is 0 Å². The first kappa shape index (κ1) is 8.68. The molecule has 64 valence electrons. The molecule has 1 aliphatic heterocycles. The van der Waals surface area contributed by atoms with E-state index in [9.17, 15) is 4.79 Å². The molecule has 2 unspecified atom stereocenters. The molecule has 1 heterocycles. The van der Waals surface area contributed by atoms with Crippen molar-refractivity contribution in [3.63, 3.8) is 0 Å². The molecule has 0 aromatic carbocycles. The zero-order valence-electron chi connectivity index (χ0n) is 7.31. The Labute approximate surface area is 67.8 Å². The summed E-state index contributed by atoms with van der Waals surface area (Å²) in [6.45, 7) is 5.72. The Morgan fingerprint density at radius 2 is 2.45 bits per heavy atom. The molecule has 0 aliphatic carbocycles. The maximum atomic E-state index is 11.1. The number of carbonyl (C=O) groups excluding carboxylic acids is 1. The number of carbonyl (C=O) groups is 1. The smallest absolute Gasteiger partial charge is 0.268 e. The summed E-state index contributed by atoms with van der Waals surface area (Å²) in [4.78, 5) is 12.2. The van der Waals surface area contributed by atoms with E-state index in [2.05, 4.69) is 12.2 Å². The number of rotatable bonds is 2. The normalized spacial score (nSPS) is 30.7. The lowest BCUT2D eigenvalue weighted by Crippen LogP contribution is -3.17. The molecular formula is C8H17N2O+. The summed E-state index contributed by atoms with van der Waals surface area (Å²) in [5.74, 6) is 0.272. The molecule has 1 amide bonds. The van der Waals surface area contributed by atoms with Crippen molar-refractivity contribution >= 4 is 5.91 Å². The Bertz CT molecular complexity index is 147. The van der Waals surface area contributed by atoms with E-state index in [1.54, 1.807) is 6.92 Å². The van der Waals surface area contributed by atoms with Crippen LogP contribution in [0.15, 0.2) is 0 Å². The zero-order valence-corrected chi connectivity index (χ0v) is 7.31. The summed E-state index contributed by atoms with van der Waals surface area (Å²) < 4.78 is 0. The van der Waals surface area contributed by atoms with Crippen molar-refractivity contribution in [3.05, 3.63) is 0 Å². The molecule has 0 saturated carbocycles. The van der Waals surface area contributed by atoms with Gasteiger partial charge in [0, 0.05) is 12.8 Å². The van der Waals surface area contributed by atoms with E-state index in [0.717, 1.165) is 24.4 Å². The van der Waals surface area contributed by atoms with Crippen LogP contribution in [0.3, 0.4) is 0 Å². The highest BCUT2D eigenvalue weighted by molar-refractivity contribution is 5.63. The molecule has 0 radical (unpaired) electrons. The van der Waals surface area contributed by atoms with Gasteiger partial charge in [0.1, 0.15) is 6.17 Å². The SMILES string of the molecule is CCNC1CCC[NH+]1C(C)=O. The van der Waals surface area contributed by atoms with Gasteiger partial charge < -0.3 is 0 Å². The van der Waals surface area contributed by atoms with Crippen LogP contribution < -0.4 is 10.2 Å². The summed E-state index contributed by atoms with van der Waals surface area (Å²) in [5, 5.41) is 3.32. The van der Waals surface area contributed by atoms with Crippen LogP contribution in [-0.2, 0) is 4.79 Å². The Morgan fingerprint density at radius 3 is 3.00 bits per heavy atom. The highest BCUT2D eigenvalue weighted by atomic mass is 16.2. The average molecular weight is 157 g/mol. The molecule has 0 bridgehead atoms. The third kappa shape index (κ3) is 2.01. The van der Waals surface area contributed by atoms with Gasteiger partial charge in [-0.25, -0.2) is 4.79 Å². The van der Waals surface area contributed by atoms with Gasteiger partial charge in [0.15, 0.2) is 0 Å². The van der Waals surface area contributed by atoms with Gasteiger partial charge in [-0.15, -0.1) is 0 Å². The van der Waals surface area contributed by atoms with Gasteiger partial charge >= 0.3 is 5.91 Å². The Kier molecular flexibility index (Phi) is 3.02. The highest BCUT2D eigenvalue weighted by Crippen LogP contribution is 1.95. The molecule has 3 heteroatoms. The minimum Gasteiger partial charge on any atom is -0.268 e. The fourth-order valence-corrected chi connectivity index (χ4v) is 1.74. The van der Waals surface area contributed by atoms with Gasteiger partial charge in [0.25, 0.3) is 0 Å². The molecule has 1 aliphatic rings. The molecule has 2 atom stereocenters. The lowest BCUT2D eigenvalue weighted by Gasteiger charge is -2.17. The second-order valence-electron chi connectivity index (χ2n) is 3.08. The van der Waals surface area contributed by atoms with Crippen molar-refractivity contribution in [3.8, 4) is 0 Å². The van der Waals surface area contributed by atoms with E-state index in [1.165, 1.54) is 6.42 Å². The topological polar surface area (TPSA) is 33.5 Å². The van der Waals surface area contributed by atoms with Crippen LogP contribution in [0.5, 0.6) is 0 Å². The van der Waals surface area contributed by atoms with Crippen molar-refractivity contribution in [1.29, 1.82) is 0 Å². The predicted octanol–water partition coefficient (Wildman–Crippen LogP) is -0.853. The van der Waals surface area contributed by atoms with Gasteiger partial charge in [-0.05, 0) is 6.54 Å². The number of quaternary nitrogens is 1. The molecule has 0 aromatic rings. The van der Waals surface area contributed by atoms with Crippen LogP contribution in [0.1, 0.15) is 26.7 Å². The van der Waals surface area contributed by atoms with Crippen LogP contribution in [0.4, 0.5) is 0 Å². The van der Waals surface area contributed by atoms with E-state index >= 15 is 0 Å². The monoisotopic (exact) mass is 157 g/mol. The van der Waals surface area contributed by atoms with E-state index in [0.29, 0.717) is 6.17 Å². The number of hydrogen-bond acceptors (Lipinski definition) is 2. The predicted molar refractivity (Wildman–Crippen MR) is 43.2 cm³/mol. The summed E-state index contributed by atoms with van der Waals surface area (Å²) in [5.41, 5.74) is 0. The highest BCUT2D eigenvalue weighted by Gasteiger charge is 2.30. The third-order valence-corrected chi connectivity index (χ3v) is 2.26. The Hall–Kier alpha value is -0.410. The van der Waals surface area contributed by atoms with Gasteiger partial charge in [0.2, 0.25) is 0 Å². The third-order valence-electron chi connectivity index (χ3n) is 2.26. The van der Waals surface area contributed by atoms with Crippen LogP contribution in [-0.4, -0.2) is 25.2 Å². The number of amides is 1. The fourth-order valence-electron chi connectivity index (χ4n) is 1.74. The van der Waals surface area contributed by atoms with E-state index in [4.69, 9.17) is 0 Å². The maximum absolute atomic E-state index is 11.1. The fraction of sp³-hybridized carbons (Fsp3) is 0.875. The van der Waals surface area contributed by atoms with Crippen molar-refractivity contribution in [1.82, 2.24) is 5.32 Å². The van der Waals surface area contributed by atoms with Crippen LogP contribution in [0, 0.1) is 0 Å². The molecule has 0 spiro atoms. The lowest BCUT2D eigenvalue weighted by molar-refractivity contribution is -0.836. The van der Waals surface area contributed by atoms with Crippen molar-refractivity contribution < 1.29 is 9.69 Å². The first-order valence-electron chi connectivity index (χ1n) is 4.35. The minimum atomic E-state index is 0.272. The maximum Gasteiger partial charge on any atom is 0.310 e. The Balaban J connectivity index is 2.44. The summed E-state index contributed by atoms with van der Waals surface area (Å²) in [7, 11) is 0. The zero-order chi connectivity index (χ0) is 8.27. The second kappa shape index (κ2) is 3.83. The standard InChI is InChI=1S/C8H16N2O/c1-3-9-8-5-4-6-10(8)7(2)11/h8-9H,3-6H2,1-2H3/p+1. The minimum absolute atomic E-state index is 0.272. The quantitative estimate of drug-likeness (QED) is 0.547. The molecule has 1 rings (SSSR count). The molecule has 11 heavy (non-hydrogen) atoms. The van der Waals surface area contributed by atoms with Crippen LogP contribution >= 0.6 is 0 Å². The molecule has 1 fully saturated rings. The molecule has 3 nitrogen and oxygen atoms in total. The Morgan fingerprint density at radius 1 is 1.73 bits per heavy atom. The van der Waals surface area contributed by atoms with Gasteiger partial charge in [-0.3, -0.25) is 10.2 Å². The first-order chi connectivity index (χ1) is 5.25. The molecular weight excluding hydrogens is 140 g/mol. The summed E-state index contributed by atoms with van der Waals surface area (Å²) in [6.07, 6.45) is 2.70. The molecule has 1 saturated heterocycles. The molecule has 0 aromatic heterocycles. The number of nitrogens with one attached hydrogen (secondary N) is 2. The van der Waals surface area contributed by atoms with Crippen molar-refractivity contribution in [2.45, 2.75) is 32.9 Å². The molecule has 2 N–H and O–H groups in total. The van der Waals surface area contributed by atoms with Gasteiger partial charge in [0.05, 0.1) is 13.5 Å². The van der Waals surface area contributed by atoms with E-state index < -0.39 is 0 Å². The number of hydrogen-bond donors (Lipinski definition) is 2. The van der Waals surface area contributed by atoms with E-state index in [-0.39, 0.29) is 5.91 Å². The summed E-state index contributed by atoms with van der Waals surface area (Å²) in [6, 6.07) is 0. The largest absolute Gasteiger partial charge is 0.310 e. The van der Waals surface area contributed by atoms with Crippen molar-refractivity contribution in [2.24, 2.45) is 0 Å². The number of likely N-dealkylation sites (tertiary alicyclic amines) is 1. The van der Waals surface area contributed by atoms with Crippen LogP contribution in [0.25, 0.3) is 0 Å². The van der Waals surface area contributed by atoms with Crippen LogP contribution in [0.2, 0.25) is 0 Å². The average Bonchev–Trinajstić information content (AvgIpc) is 2.36. The summed E-state index contributed by atoms with van der Waals surface area (Å²) >= 11 is 0. The van der Waals surface area contributed by atoms with E-state index in [1.807, 2.05) is 0 Å². The first-order valence-corrected chi connectivity index (χ1v) is 4.35.